The van der Waals surface area contributed by atoms with E-state index in [1.165, 1.54) is 199 Å². The van der Waals surface area contributed by atoms with Crippen LogP contribution in [0.5, 0.6) is 0 Å². The zero-order valence-electron chi connectivity index (χ0n) is 54.0. The molecule has 0 saturated carbocycles. The number of rotatable bonds is 54. The zero-order chi connectivity index (χ0) is 63.3. The molecular weight excluding hydrogens is 1120 g/mol. The summed E-state index contributed by atoms with van der Waals surface area (Å²) in [7, 11) is 0. The Morgan fingerprint density at radius 3 is 1.15 bits per heavy atom. The van der Waals surface area contributed by atoms with Crippen molar-refractivity contribution < 1.29 is 89.4 Å². The van der Waals surface area contributed by atoms with Gasteiger partial charge in [0.05, 0.1) is 38.6 Å². The zero-order valence-corrected chi connectivity index (χ0v) is 54.0. The summed E-state index contributed by atoms with van der Waals surface area (Å²) in [6, 6.07) is -0.986. The fraction of sp³-hybridized carbons (Fsp3) is 0.926. The van der Waals surface area contributed by atoms with Gasteiger partial charge in [-0.25, -0.2) is 0 Å². The maximum absolute atomic E-state index is 13.4. The molecule has 0 aromatic carbocycles. The molecule has 3 fully saturated rings. The molecule has 87 heavy (non-hydrogen) atoms. The van der Waals surface area contributed by atoms with Gasteiger partial charge < -0.3 is 89.9 Å². The summed E-state index contributed by atoms with van der Waals surface area (Å²) in [5.41, 5.74) is 0. The fourth-order valence-corrected chi connectivity index (χ4v) is 12.0. The third-order valence-electron chi connectivity index (χ3n) is 17.8. The van der Waals surface area contributed by atoms with Crippen LogP contribution in [0.1, 0.15) is 271 Å². The van der Waals surface area contributed by atoms with Crippen molar-refractivity contribution in [2.45, 2.75) is 375 Å². The molecule has 19 heteroatoms. The molecule has 0 aromatic heterocycles. The van der Waals surface area contributed by atoms with Gasteiger partial charge in [-0.1, -0.05) is 256 Å². The van der Waals surface area contributed by atoms with Crippen molar-refractivity contribution in [3.05, 3.63) is 24.3 Å². The van der Waals surface area contributed by atoms with Gasteiger partial charge in [-0.05, 0) is 32.1 Å². The van der Waals surface area contributed by atoms with Crippen molar-refractivity contribution in [2.75, 3.05) is 26.4 Å². The van der Waals surface area contributed by atoms with Gasteiger partial charge in [0.15, 0.2) is 18.9 Å². The second-order valence-electron chi connectivity index (χ2n) is 25.3. The summed E-state index contributed by atoms with van der Waals surface area (Å²) in [6.07, 6.45) is 30.1. The van der Waals surface area contributed by atoms with Gasteiger partial charge in [0.25, 0.3) is 0 Å². The monoisotopic (exact) mass is 1250 g/mol. The van der Waals surface area contributed by atoms with Crippen LogP contribution in [0.25, 0.3) is 0 Å². The SMILES string of the molecule is CCCCCCCCCCCCCCCC/C=C/CC/C=C/C(O)C(COC1OC(CO)C(OC2OC(CO)C(OC3OC(CO)C(O)C(O)C3O)C(O)C2O)C(O)C1O)NC(=O)CCCCCCCCCCCCCCCCCCCCCCCC. The van der Waals surface area contributed by atoms with E-state index in [9.17, 15) is 61.0 Å². The van der Waals surface area contributed by atoms with E-state index in [1.54, 1.807) is 6.08 Å². The van der Waals surface area contributed by atoms with Gasteiger partial charge >= 0.3 is 0 Å². The fourth-order valence-electron chi connectivity index (χ4n) is 12.0. The van der Waals surface area contributed by atoms with E-state index < -0.39 is 124 Å². The Morgan fingerprint density at radius 2 is 0.736 bits per heavy atom. The van der Waals surface area contributed by atoms with Gasteiger partial charge in [0.1, 0.15) is 73.2 Å². The van der Waals surface area contributed by atoms with Gasteiger partial charge in [-0.2, -0.15) is 0 Å². The molecule has 512 valence electrons. The smallest absolute Gasteiger partial charge is 0.220 e. The molecule has 0 bridgehead atoms. The van der Waals surface area contributed by atoms with Crippen molar-refractivity contribution in [3.63, 3.8) is 0 Å². The molecule has 3 aliphatic rings. The maximum atomic E-state index is 13.4. The van der Waals surface area contributed by atoms with E-state index in [4.69, 9.17) is 28.4 Å². The average Bonchev–Trinajstić information content (AvgIpc) is 2.90. The molecule has 0 spiro atoms. The number of ether oxygens (including phenoxy) is 6. The molecule has 12 N–H and O–H groups in total. The van der Waals surface area contributed by atoms with Crippen LogP contribution in [0.15, 0.2) is 24.3 Å². The minimum Gasteiger partial charge on any atom is -0.394 e. The second kappa shape index (κ2) is 50.8. The lowest BCUT2D eigenvalue weighted by molar-refractivity contribution is -0.379. The van der Waals surface area contributed by atoms with Crippen LogP contribution in [-0.2, 0) is 33.2 Å². The highest BCUT2D eigenvalue weighted by Gasteiger charge is 2.53. The topological polar surface area (TPSA) is 307 Å². The van der Waals surface area contributed by atoms with Crippen LogP contribution in [0.4, 0.5) is 0 Å². The normalized spacial score (nSPS) is 28.7. The number of allylic oxidation sites excluding steroid dienone is 3. The summed E-state index contributed by atoms with van der Waals surface area (Å²) in [4.78, 5) is 13.4. The molecule has 17 unspecified atom stereocenters. The highest BCUT2D eigenvalue weighted by Crippen LogP contribution is 2.33. The number of amides is 1. The predicted molar refractivity (Wildman–Crippen MR) is 337 cm³/mol. The molecule has 3 rings (SSSR count). The van der Waals surface area contributed by atoms with E-state index in [0.717, 1.165) is 38.5 Å². The van der Waals surface area contributed by atoms with Gasteiger partial charge in [0.2, 0.25) is 5.91 Å². The third-order valence-corrected chi connectivity index (χ3v) is 17.8. The largest absolute Gasteiger partial charge is 0.394 e. The van der Waals surface area contributed by atoms with Crippen molar-refractivity contribution in [3.8, 4) is 0 Å². The minimum absolute atomic E-state index is 0.241. The number of carbonyl (C=O) groups is 1. The Balaban J connectivity index is 1.45. The molecule has 1 amide bonds. The Bertz CT molecular complexity index is 1680. The molecule has 3 heterocycles. The van der Waals surface area contributed by atoms with E-state index >= 15 is 0 Å². The van der Waals surface area contributed by atoms with E-state index in [2.05, 4.69) is 31.3 Å². The highest BCUT2D eigenvalue weighted by molar-refractivity contribution is 5.76. The summed E-state index contributed by atoms with van der Waals surface area (Å²) < 4.78 is 34.3. The lowest BCUT2D eigenvalue weighted by atomic mass is 9.96. The highest BCUT2D eigenvalue weighted by atomic mass is 16.8. The van der Waals surface area contributed by atoms with Gasteiger partial charge in [-0.3, -0.25) is 4.79 Å². The predicted octanol–water partition coefficient (Wildman–Crippen LogP) is 9.05. The van der Waals surface area contributed by atoms with Crippen molar-refractivity contribution >= 4 is 5.91 Å². The Morgan fingerprint density at radius 1 is 0.402 bits per heavy atom. The van der Waals surface area contributed by atoms with Crippen molar-refractivity contribution in [1.82, 2.24) is 5.32 Å². The number of hydrogen-bond donors (Lipinski definition) is 12. The van der Waals surface area contributed by atoms with Crippen molar-refractivity contribution in [1.29, 1.82) is 0 Å². The van der Waals surface area contributed by atoms with Crippen LogP contribution in [-0.4, -0.2) is 193 Å². The number of aliphatic hydroxyl groups excluding tert-OH is 11. The van der Waals surface area contributed by atoms with Gasteiger partial charge in [0, 0.05) is 6.42 Å². The molecule has 3 saturated heterocycles. The molecule has 19 nitrogen and oxygen atoms in total. The second-order valence-corrected chi connectivity index (χ2v) is 25.3. The van der Waals surface area contributed by atoms with Crippen LogP contribution in [0.2, 0.25) is 0 Å². The van der Waals surface area contributed by atoms with Crippen LogP contribution < -0.4 is 5.32 Å². The van der Waals surface area contributed by atoms with E-state index in [-0.39, 0.29) is 18.9 Å². The first kappa shape index (κ1) is 79.5. The standard InChI is InChI=1S/C68H127NO18/c1-3-5-7-9-11-13-15-17-19-21-23-25-26-28-30-32-34-36-38-40-42-44-46-56(74)69-51(52(73)45-43-41-39-37-35-33-31-29-27-24-22-20-18-16-14-12-10-8-6-4-2)50-82-66-62(80)59(77)64(54(48-71)84-66)87-68-63(81)60(78)65(55(49-72)85-68)86-67-61(79)58(76)57(75)53(47-70)83-67/h35,37,43,45,51-55,57-68,70-73,75-81H,3-34,36,38-42,44,46-50H2,1-2H3,(H,69,74)/b37-35+,45-43+. The number of nitrogens with one attached hydrogen (secondary N) is 1. The Labute approximate surface area is 524 Å². The van der Waals surface area contributed by atoms with Crippen molar-refractivity contribution in [2.24, 2.45) is 0 Å². The van der Waals surface area contributed by atoms with Crippen LogP contribution >= 0.6 is 0 Å². The first-order valence-electron chi connectivity index (χ1n) is 35.1. The van der Waals surface area contributed by atoms with Crippen LogP contribution in [0.3, 0.4) is 0 Å². The minimum atomic E-state index is -1.98. The molecular formula is C68H127NO18. The lowest BCUT2D eigenvalue weighted by Gasteiger charge is -2.48. The summed E-state index contributed by atoms with van der Waals surface area (Å²) in [5, 5.41) is 120. The Hall–Kier alpha value is -1.73. The summed E-state index contributed by atoms with van der Waals surface area (Å²) in [6.45, 7) is 1.75. The molecule has 0 aliphatic carbocycles. The maximum Gasteiger partial charge on any atom is 0.220 e. The molecule has 0 radical (unpaired) electrons. The third kappa shape index (κ3) is 33.1. The molecule has 0 aromatic rings. The Kier molecular flexibility index (Phi) is 46.4. The molecule has 3 aliphatic heterocycles. The quantitative estimate of drug-likeness (QED) is 0.0200. The number of carbonyl (C=O) groups excluding carboxylic acids is 1. The van der Waals surface area contributed by atoms with Gasteiger partial charge in [-0.15, -0.1) is 0 Å². The van der Waals surface area contributed by atoms with Crippen LogP contribution in [0, 0.1) is 0 Å². The molecule has 17 atom stereocenters. The average molecular weight is 1250 g/mol. The summed E-state index contributed by atoms with van der Waals surface area (Å²) >= 11 is 0. The number of aliphatic hydroxyl groups is 11. The summed E-state index contributed by atoms with van der Waals surface area (Å²) in [5.74, 6) is -0.280. The number of hydrogen-bond acceptors (Lipinski definition) is 18. The van der Waals surface area contributed by atoms with E-state index in [1.807, 2.05) is 6.08 Å². The first-order valence-corrected chi connectivity index (χ1v) is 35.1. The van der Waals surface area contributed by atoms with E-state index in [0.29, 0.717) is 12.8 Å². The lowest BCUT2D eigenvalue weighted by Crippen LogP contribution is -2.66. The first-order chi connectivity index (χ1) is 42.3. The number of unbranched alkanes of at least 4 members (excludes halogenated alkanes) is 36.